The van der Waals surface area contributed by atoms with Crippen LogP contribution in [0.25, 0.3) is 22.6 Å². The Bertz CT molecular complexity index is 816. The second-order valence-electron chi connectivity index (χ2n) is 5.61. The molecule has 2 aromatic carbocycles. The Hall–Kier alpha value is -2.59. The minimum Gasteiger partial charge on any atom is -0.497 e. The Balaban J connectivity index is 2.12. The molecule has 0 saturated carbocycles. The van der Waals surface area contributed by atoms with Gasteiger partial charge in [0, 0.05) is 11.1 Å². The summed E-state index contributed by atoms with van der Waals surface area (Å²) in [5, 5.41) is 14.0. The van der Waals surface area contributed by atoms with E-state index in [1.807, 2.05) is 50.2 Å². The normalized spacial score (nSPS) is 10.8. The minimum atomic E-state index is -0.141. The molecule has 0 fully saturated rings. The van der Waals surface area contributed by atoms with Crippen LogP contribution in [-0.4, -0.2) is 17.4 Å². The molecule has 0 aliphatic heterocycles. The predicted octanol–water partition coefficient (Wildman–Crippen LogP) is 4.13. The van der Waals surface area contributed by atoms with E-state index in [4.69, 9.17) is 9.26 Å². The van der Waals surface area contributed by atoms with Gasteiger partial charge >= 0.3 is 0 Å². The van der Waals surface area contributed by atoms with Crippen LogP contribution < -0.4 is 4.74 Å². The molecule has 0 aliphatic carbocycles. The average molecular weight is 309 g/mol. The Morgan fingerprint density at radius 1 is 1.04 bits per heavy atom. The second kappa shape index (κ2) is 6.26. The van der Waals surface area contributed by atoms with Gasteiger partial charge in [-0.2, -0.15) is 0 Å². The largest absolute Gasteiger partial charge is 0.497 e. The highest BCUT2D eigenvalue weighted by atomic mass is 16.5. The first-order chi connectivity index (χ1) is 11.1. The van der Waals surface area contributed by atoms with Crippen molar-refractivity contribution in [3.8, 4) is 28.3 Å². The number of benzene rings is 2. The van der Waals surface area contributed by atoms with Crippen LogP contribution in [-0.2, 0) is 6.61 Å². The third-order valence-corrected chi connectivity index (χ3v) is 3.77. The van der Waals surface area contributed by atoms with Gasteiger partial charge in [-0.3, -0.25) is 0 Å². The molecule has 1 heterocycles. The van der Waals surface area contributed by atoms with Gasteiger partial charge in [-0.1, -0.05) is 34.5 Å². The van der Waals surface area contributed by atoms with Crippen molar-refractivity contribution in [3.63, 3.8) is 0 Å². The molecule has 3 rings (SSSR count). The van der Waals surface area contributed by atoms with Gasteiger partial charge in [-0.15, -0.1) is 0 Å². The lowest BCUT2D eigenvalue weighted by Crippen LogP contribution is -1.91. The third-order valence-electron chi connectivity index (χ3n) is 3.77. The van der Waals surface area contributed by atoms with Crippen molar-refractivity contribution in [2.75, 3.05) is 7.11 Å². The van der Waals surface area contributed by atoms with Gasteiger partial charge in [0.05, 0.1) is 19.3 Å². The van der Waals surface area contributed by atoms with Gasteiger partial charge in [0.2, 0.25) is 0 Å². The minimum absolute atomic E-state index is 0.141. The first kappa shape index (κ1) is 15.3. The van der Waals surface area contributed by atoms with E-state index in [9.17, 15) is 5.11 Å². The van der Waals surface area contributed by atoms with Gasteiger partial charge in [0.15, 0.2) is 5.76 Å². The summed E-state index contributed by atoms with van der Waals surface area (Å²) in [5.41, 5.74) is 5.39. The number of aliphatic hydroxyl groups excluding tert-OH is 1. The first-order valence-electron chi connectivity index (χ1n) is 7.45. The van der Waals surface area contributed by atoms with Crippen molar-refractivity contribution in [1.82, 2.24) is 5.16 Å². The van der Waals surface area contributed by atoms with Crippen LogP contribution in [0.3, 0.4) is 0 Å². The number of aryl methyl sites for hydroxylation is 2. The molecule has 23 heavy (non-hydrogen) atoms. The van der Waals surface area contributed by atoms with E-state index in [2.05, 4.69) is 11.2 Å². The van der Waals surface area contributed by atoms with E-state index >= 15 is 0 Å². The van der Waals surface area contributed by atoms with Gasteiger partial charge < -0.3 is 14.4 Å². The summed E-state index contributed by atoms with van der Waals surface area (Å²) in [7, 11) is 1.62. The first-order valence-corrected chi connectivity index (χ1v) is 7.45. The van der Waals surface area contributed by atoms with Gasteiger partial charge in [-0.05, 0) is 38.1 Å². The highest BCUT2D eigenvalue weighted by Gasteiger charge is 2.19. The van der Waals surface area contributed by atoms with E-state index in [1.54, 1.807) is 7.11 Å². The Morgan fingerprint density at radius 3 is 2.43 bits per heavy atom. The zero-order valence-corrected chi connectivity index (χ0v) is 13.5. The molecule has 1 N–H and O–H groups in total. The lowest BCUT2D eigenvalue weighted by Gasteiger charge is -2.05. The van der Waals surface area contributed by atoms with E-state index < -0.39 is 0 Å². The van der Waals surface area contributed by atoms with E-state index in [0.717, 1.165) is 28.0 Å². The van der Waals surface area contributed by atoms with Crippen LogP contribution in [0, 0.1) is 13.8 Å². The van der Waals surface area contributed by atoms with Crippen molar-refractivity contribution in [1.29, 1.82) is 0 Å². The molecular weight excluding hydrogens is 290 g/mol. The summed E-state index contributed by atoms with van der Waals surface area (Å²) in [5.74, 6) is 1.35. The maximum absolute atomic E-state index is 9.84. The second-order valence-corrected chi connectivity index (χ2v) is 5.61. The molecule has 0 radical (unpaired) electrons. The predicted molar refractivity (Wildman–Crippen MR) is 89.3 cm³/mol. The fourth-order valence-electron chi connectivity index (χ4n) is 2.79. The highest BCUT2D eigenvalue weighted by Crippen LogP contribution is 2.34. The number of aromatic nitrogens is 1. The summed E-state index contributed by atoms with van der Waals surface area (Å²) in [4.78, 5) is 0. The Morgan fingerprint density at radius 2 is 1.78 bits per heavy atom. The van der Waals surface area contributed by atoms with E-state index in [0.29, 0.717) is 17.0 Å². The molecular formula is C19H19NO3. The number of nitrogens with zero attached hydrogens (tertiary/aromatic N) is 1. The number of aliphatic hydroxyl groups is 1. The number of rotatable bonds is 4. The van der Waals surface area contributed by atoms with Crippen LogP contribution in [0.2, 0.25) is 0 Å². The molecule has 4 nitrogen and oxygen atoms in total. The fraction of sp³-hybridized carbons (Fsp3) is 0.211. The third kappa shape index (κ3) is 2.98. The number of hydrogen-bond acceptors (Lipinski definition) is 4. The topological polar surface area (TPSA) is 55.5 Å². The summed E-state index contributed by atoms with van der Waals surface area (Å²) in [6.07, 6.45) is 0. The summed E-state index contributed by atoms with van der Waals surface area (Å²) in [6, 6.07) is 13.7. The lowest BCUT2D eigenvalue weighted by molar-refractivity contribution is 0.281. The lowest BCUT2D eigenvalue weighted by atomic mass is 10.00. The van der Waals surface area contributed by atoms with Crippen molar-refractivity contribution >= 4 is 0 Å². The van der Waals surface area contributed by atoms with Crippen molar-refractivity contribution < 1.29 is 14.4 Å². The molecule has 1 aromatic heterocycles. The zero-order valence-electron chi connectivity index (χ0n) is 13.5. The number of hydrogen-bond donors (Lipinski definition) is 1. The molecule has 0 spiro atoms. The molecule has 4 heteroatoms. The van der Waals surface area contributed by atoms with Crippen LogP contribution in [0.15, 0.2) is 47.0 Å². The fourth-order valence-corrected chi connectivity index (χ4v) is 2.79. The zero-order chi connectivity index (χ0) is 16.4. The average Bonchev–Trinajstić information content (AvgIpc) is 2.98. The van der Waals surface area contributed by atoms with Gasteiger partial charge in [0.1, 0.15) is 11.4 Å². The molecule has 0 amide bonds. The van der Waals surface area contributed by atoms with Crippen LogP contribution >= 0.6 is 0 Å². The van der Waals surface area contributed by atoms with Crippen LogP contribution in [0.5, 0.6) is 5.75 Å². The monoisotopic (exact) mass is 309 g/mol. The van der Waals surface area contributed by atoms with Crippen LogP contribution in [0.4, 0.5) is 0 Å². The van der Waals surface area contributed by atoms with E-state index in [1.165, 1.54) is 0 Å². The number of ether oxygens (including phenoxy) is 1. The SMILES string of the molecule is COc1cccc(-c2noc(-c3cc(C)cc(C)c3)c2CO)c1. The van der Waals surface area contributed by atoms with Gasteiger partial charge in [0.25, 0.3) is 0 Å². The highest BCUT2D eigenvalue weighted by molar-refractivity contribution is 5.73. The molecule has 3 aromatic rings. The maximum Gasteiger partial charge on any atom is 0.173 e. The molecule has 0 atom stereocenters. The number of methoxy groups -OCH3 is 1. The quantitative estimate of drug-likeness (QED) is 0.787. The summed E-state index contributed by atoms with van der Waals surface area (Å²) < 4.78 is 10.8. The standard InChI is InChI=1S/C19H19NO3/c1-12-7-13(2)9-15(8-12)19-17(11-21)18(20-23-19)14-5-4-6-16(10-14)22-3/h4-10,21H,11H2,1-3H3. The molecule has 118 valence electrons. The Labute approximate surface area is 135 Å². The smallest absolute Gasteiger partial charge is 0.173 e. The Kier molecular flexibility index (Phi) is 4.17. The maximum atomic E-state index is 9.84. The molecule has 0 aliphatic rings. The molecule has 0 saturated heterocycles. The van der Waals surface area contributed by atoms with Crippen molar-refractivity contribution in [2.45, 2.75) is 20.5 Å². The molecule has 0 bridgehead atoms. The van der Waals surface area contributed by atoms with Crippen molar-refractivity contribution in [3.05, 3.63) is 59.2 Å². The molecule has 0 unspecified atom stereocenters. The van der Waals surface area contributed by atoms with E-state index in [-0.39, 0.29) is 6.61 Å². The van der Waals surface area contributed by atoms with Crippen molar-refractivity contribution in [2.24, 2.45) is 0 Å². The van der Waals surface area contributed by atoms with Crippen LogP contribution in [0.1, 0.15) is 16.7 Å². The summed E-state index contributed by atoms with van der Waals surface area (Å²) in [6.45, 7) is 3.93. The summed E-state index contributed by atoms with van der Waals surface area (Å²) >= 11 is 0. The van der Waals surface area contributed by atoms with Gasteiger partial charge in [-0.25, -0.2) is 0 Å².